The largest absolute Gasteiger partial charge is 0.301 e. The predicted molar refractivity (Wildman–Crippen MR) is 122 cm³/mol. The molecule has 0 bridgehead atoms. The number of Topliss-reactive ketones (excluding diaryl/α,β-unsaturated/α-hetero) is 1. The molecule has 153 valence electrons. The first-order chi connectivity index (χ1) is 14.7. The van der Waals surface area contributed by atoms with Gasteiger partial charge >= 0.3 is 0 Å². The molecular formula is C27H29N2O. The first kappa shape index (κ1) is 20.5. The fourth-order valence-corrected chi connectivity index (χ4v) is 4.46. The lowest BCUT2D eigenvalue weighted by atomic mass is 9.78. The Labute approximate surface area is 179 Å². The highest BCUT2D eigenvalue weighted by molar-refractivity contribution is 5.91. The van der Waals surface area contributed by atoms with Gasteiger partial charge in [0.15, 0.2) is 5.78 Å². The first-order valence-electron chi connectivity index (χ1n) is 10.7. The SMILES string of the molecule is CC(=O)C(NC(CN1C[CH]CC1)c1ccccc1)(c1ccccc1)c1ccccc1. The molecule has 0 saturated carbocycles. The summed E-state index contributed by atoms with van der Waals surface area (Å²) in [4.78, 5) is 15.8. The third-order valence-corrected chi connectivity index (χ3v) is 6.01. The molecule has 1 fully saturated rings. The Bertz CT molecular complexity index is 895. The van der Waals surface area contributed by atoms with Crippen molar-refractivity contribution in [2.45, 2.75) is 24.9 Å². The van der Waals surface area contributed by atoms with E-state index in [1.54, 1.807) is 6.92 Å². The maximum absolute atomic E-state index is 13.4. The number of nitrogens with zero attached hydrogens (tertiary/aromatic N) is 1. The number of nitrogens with one attached hydrogen (secondary N) is 1. The Morgan fingerprint density at radius 1 is 0.900 bits per heavy atom. The van der Waals surface area contributed by atoms with Crippen molar-refractivity contribution in [2.24, 2.45) is 0 Å². The highest BCUT2D eigenvalue weighted by Gasteiger charge is 2.41. The number of carbonyl (C=O) groups excluding carboxylic acids is 1. The van der Waals surface area contributed by atoms with Gasteiger partial charge in [0.1, 0.15) is 5.54 Å². The summed E-state index contributed by atoms with van der Waals surface area (Å²) in [7, 11) is 0. The third-order valence-electron chi connectivity index (χ3n) is 6.01. The molecule has 1 radical (unpaired) electrons. The maximum Gasteiger partial charge on any atom is 0.158 e. The van der Waals surface area contributed by atoms with Crippen LogP contribution in [0.2, 0.25) is 0 Å². The van der Waals surface area contributed by atoms with Crippen molar-refractivity contribution < 1.29 is 4.79 Å². The molecule has 1 N–H and O–H groups in total. The van der Waals surface area contributed by atoms with Gasteiger partial charge in [0, 0.05) is 19.1 Å². The molecule has 4 rings (SSSR count). The molecule has 1 aliphatic heterocycles. The van der Waals surface area contributed by atoms with Crippen molar-refractivity contribution in [3.63, 3.8) is 0 Å². The van der Waals surface area contributed by atoms with Crippen LogP contribution < -0.4 is 5.32 Å². The van der Waals surface area contributed by atoms with Crippen LogP contribution in [0.15, 0.2) is 91.0 Å². The monoisotopic (exact) mass is 397 g/mol. The van der Waals surface area contributed by atoms with Crippen molar-refractivity contribution in [1.29, 1.82) is 0 Å². The van der Waals surface area contributed by atoms with Crippen molar-refractivity contribution in [3.8, 4) is 0 Å². The van der Waals surface area contributed by atoms with Gasteiger partial charge in [-0.3, -0.25) is 10.1 Å². The van der Waals surface area contributed by atoms with Crippen LogP contribution in [0.1, 0.15) is 36.1 Å². The van der Waals surface area contributed by atoms with E-state index in [1.807, 2.05) is 66.7 Å². The number of carbonyl (C=O) groups is 1. The Morgan fingerprint density at radius 3 is 1.90 bits per heavy atom. The lowest BCUT2D eigenvalue weighted by Gasteiger charge is -2.39. The summed E-state index contributed by atoms with van der Waals surface area (Å²) in [5.41, 5.74) is 2.23. The lowest BCUT2D eigenvalue weighted by Crippen LogP contribution is -2.52. The first-order valence-corrected chi connectivity index (χ1v) is 10.7. The minimum atomic E-state index is -0.910. The standard InChI is InChI=1S/C27H29N2O/c1-22(30)27(24-15-7-3-8-16-24,25-17-9-4-10-18-25)28-26(21-29-19-11-12-20-29)23-13-5-2-6-14-23/h2-11,13-18,26,28H,12,19-21H2,1H3. The van der Waals surface area contributed by atoms with Crippen LogP contribution in [-0.4, -0.2) is 30.3 Å². The fraction of sp³-hybridized carbons (Fsp3) is 0.259. The van der Waals surface area contributed by atoms with Gasteiger partial charge in [0.05, 0.1) is 0 Å². The Kier molecular flexibility index (Phi) is 6.41. The average Bonchev–Trinajstić information content (AvgIpc) is 3.31. The zero-order valence-electron chi connectivity index (χ0n) is 17.5. The summed E-state index contributed by atoms with van der Waals surface area (Å²) in [6.07, 6.45) is 3.45. The van der Waals surface area contributed by atoms with Crippen LogP contribution >= 0.6 is 0 Å². The van der Waals surface area contributed by atoms with E-state index >= 15 is 0 Å². The van der Waals surface area contributed by atoms with Crippen LogP contribution in [0, 0.1) is 6.42 Å². The number of likely N-dealkylation sites (tertiary alicyclic amines) is 1. The molecule has 1 atom stereocenters. The van der Waals surface area contributed by atoms with Crippen LogP contribution in [-0.2, 0) is 10.3 Å². The normalized spacial score (nSPS) is 15.8. The summed E-state index contributed by atoms with van der Waals surface area (Å²) in [6, 6.07) is 30.7. The fourth-order valence-electron chi connectivity index (χ4n) is 4.46. The second-order valence-corrected chi connectivity index (χ2v) is 7.98. The smallest absolute Gasteiger partial charge is 0.158 e. The van der Waals surface area contributed by atoms with Gasteiger partial charge in [-0.15, -0.1) is 0 Å². The molecule has 1 unspecified atom stereocenters. The molecule has 0 amide bonds. The summed E-state index contributed by atoms with van der Waals surface area (Å²) in [5.74, 6) is 0.0915. The highest BCUT2D eigenvalue weighted by atomic mass is 16.1. The minimum Gasteiger partial charge on any atom is -0.301 e. The quantitative estimate of drug-likeness (QED) is 0.595. The molecular weight excluding hydrogens is 368 g/mol. The topological polar surface area (TPSA) is 32.3 Å². The van der Waals surface area contributed by atoms with Crippen LogP contribution in [0.5, 0.6) is 0 Å². The Morgan fingerprint density at radius 2 is 1.43 bits per heavy atom. The van der Waals surface area contributed by atoms with E-state index in [1.165, 1.54) is 5.56 Å². The van der Waals surface area contributed by atoms with E-state index in [0.717, 1.165) is 37.2 Å². The third kappa shape index (κ3) is 4.23. The van der Waals surface area contributed by atoms with Crippen molar-refractivity contribution in [2.75, 3.05) is 19.6 Å². The van der Waals surface area contributed by atoms with Gasteiger partial charge in [0.25, 0.3) is 0 Å². The van der Waals surface area contributed by atoms with Crippen molar-refractivity contribution >= 4 is 5.78 Å². The Balaban J connectivity index is 1.81. The van der Waals surface area contributed by atoms with Gasteiger partial charge in [-0.25, -0.2) is 0 Å². The molecule has 1 heterocycles. The van der Waals surface area contributed by atoms with Crippen molar-refractivity contribution in [1.82, 2.24) is 10.2 Å². The van der Waals surface area contributed by atoms with Crippen LogP contribution in [0.25, 0.3) is 0 Å². The zero-order chi connectivity index (χ0) is 20.8. The van der Waals surface area contributed by atoms with Gasteiger partial charge in [-0.05, 0) is 43.0 Å². The van der Waals surface area contributed by atoms with Crippen LogP contribution in [0.4, 0.5) is 0 Å². The summed E-state index contributed by atoms with van der Waals surface area (Å²) in [5, 5.41) is 3.84. The van der Waals surface area contributed by atoms with E-state index in [-0.39, 0.29) is 11.8 Å². The maximum atomic E-state index is 13.4. The highest BCUT2D eigenvalue weighted by Crippen LogP contribution is 2.34. The van der Waals surface area contributed by atoms with Gasteiger partial charge in [0.2, 0.25) is 0 Å². The second-order valence-electron chi connectivity index (χ2n) is 7.98. The molecule has 3 aromatic carbocycles. The predicted octanol–water partition coefficient (Wildman–Crippen LogP) is 4.76. The molecule has 30 heavy (non-hydrogen) atoms. The van der Waals surface area contributed by atoms with E-state index in [0.29, 0.717) is 0 Å². The number of rotatable bonds is 8. The van der Waals surface area contributed by atoms with E-state index in [4.69, 9.17) is 0 Å². The second kappa shape index (κ2) is 9.38. The van der Waals surface area contributed by atoms with E-state index < -0.39 is 5.54 Å². The van der Waals surface area contributed by atoms with Gasteiger partial charge in [-0.1, -0.05) is 91.0 Å². The molecule has 1 saturated heterocycles. The van der Waals surface area contributed by atoms with Crippen molar-refractivity contribution in [3.05, 3.63) is 114 Å². The van der Waals surface area contributed by atoms with Crippen LogP contribution in [0.3, 0.4) is 0 Å². The van der Waals surface area contributed by atoms with E-state index in [9.17, 15) is 4.79 Å². The number of hydrogen-bond donors (Lipinski definition) is 1. The molecule has 3 heteroatoms. The molecule has 0 aliphatic carbocycles. The molecule has 3 nitrogen and oxygen atoms in total. The van der Waals surface area contributed by atoms with Gasteiger partial charge < -0.3 is 4.90 Å². The van der Waals surface area contributed by atoms with E-state index in [2.05, 4.69) is 40.9 Å². The summed E-state index contributed by atoms with van der Waals surface area (Å²) in [6.45, 7) is 4.61. The number of ketones is 1. The number of hydrogen-bond acceptors (Lipinski definition) is 3. The summed E-state index contributed by atoms with van der Waals surface area (Å²) >= 11 is 0. The Hall–Kier alpha value is -2.75. The molecule has 0 aromatic heterocycles. The minimum absolute atomic E-state index is 0.0158. The number of benzene rings is 3. The molecule has 1 aliphatic rings. The molecule has 0 spiro atoms. The summed E-state index contributed by atoms with van der Waals surface area (Å²) < 4.78 is 0. The zero-order valence-corrected chi connectivity index (χ0v) is 17.5. The van der Waals surface area contributed by atoms with Gasteiger partial charge in [-0.2, -0.15) is 0 Å². The lowest BCUT2D eigenvalue weighted by molar-refractivity contribution is -0.122. The molecule has 3 aromatic rings. The average molecular weight is 398 g/mol.